The van der Waals surface area contributed by atoms with E-state index in [1.54, 1.807) is 18.2 Å². The third-order valence-corrected chi connectivity index (χ3v) is 2.05. The third kappa shape index (κ3) is 4.23. The van der Waals surface area contributed by atoms with Gasteiger partial charge < -0.3 is 5.32 Å². The molecule has 0 heterocycles. The lowest BCUT2D eigenvalue weighted by Crippen LogP contribution is -2.42. The fourth-order valence-corrected chi connectivity index (χ4v) is 1.45. The monoisotopic (exact) mass is 254 g/mol. The molecule has 6 nitrogen and oxygen atoms in total. The van der Waals surface area contributed by atoms with Crippen LogP contribution in [-0.4, -0.2) is 16.1 Å². The van der Waals surface area contributed by atoms with Crippen LogP contribution < -0.4 is 16.2 Å². The Hall–Kier alpha value is -1.89. The summed E-state index contributed by atoms with van der Waals surface area (Å²) in [4.78, 5) is 10.3. The molecule has 0 aliphatic rings. The van der Waals surface area contributed by atoms with Crippen LogP contribution in [0.5, 0.6) is 0 Å². The molecular weight excluding hydrogens is 240 g/mol. The Bertz CT molecular complexity index is 423. The maximum absolute atomic E-state index is 10.7. The van der Waals surface area contributed by atoms with Gasteiger partial charge in [-0.15, -0.1) is 0 Å². The topological polar surface area (TPSA) is 79.2 Å². The zero-order valence-electron chi connectivity index (χ0n) is 9.56. The number of nitro benzene ring substituents is 1. The SMILES string of the molecule is CC(C)NC(=S)NNc1ccccc1[N+](=O)[O-]. The van der Waals surface area contributed by atoms with Crippen molar-refractivity contribution >= 4 is 28.7 Å². The molecular formula is C10H14N4O2S. The number of nitrogens with zero attached hydrogens (tertiary/aromatic N) is 1. The third-order valence-electron chi connectivity index (χ3n) is 1.83. The smallest absolute Gasteiger partial charge is 0.294 e. The van der Waals surface area contributed by atoms with Crippen LogP contribution >= 0.6 is 12.2 Å². The molecule has 0 fully saturated rings. The highest BCUT2D eigenvalue weighted by molar-refractivity contribution is 7.80. The van der Waals surface area contributed by atoms with E-state index < -0.39 is 4.92 Å². The molecule has 1 rings (SSSR count). The average Bonchev–Trinajstić information content (AvgIpc) is 2.25. The molecule has 0 unspecified atom stereocenters. The van der Waals surface area contributed by atoms with Crippen molar-refractivity contribution in [3.63, 3.8) is 0 Å². The van der Waals surface area contributed by atoms with Crippen molar-refractivity contribution in [3.05, 3.63) is 34.4 Å². The van der Waals surface area contributed by atoms with Gasteiger partial charge >= 0.3 is 0 Å². The molecule has 0 aromatic heterocycles. The van der Waals surface area contributed by atoms with Crippen LogP contribution in [0.25, 0.3) is 0 Å². The van der Waals surface area contributed by atoms with Crippen LogP contribution in [-0.2, 0) is 0 Å². The van der Waals surface area contributed by atoms with Crippen molar-refractivity contribution in [2.75, 3.05) is 5.43 Å². The number of nitrogens with one attached hydrogen (secondary N) is 3. The van der Waals surface area contributed by atoms with E-state index >= 15 is 0 Å². The Balaban J connectivity index is 2.63. The van der Waals surface area contributed by atoms with Crippen molar-refractivity contribution in [1.29, 1.82) is 0 Å². The molecule has 1 aromatic carbocycles. The first-order valence-electron chi connectivity index (χ1n) is 5.06. The summed E-state index contributed by atoms with van der Waals surface area (Å²) in [6, 6.07) is 6.53. The zero-order valence-corrected chi connectivity index (χ0v) is 10.4. The quantitative estimate of drug-likeness (QED) is 0.432. The summed E-state index contributed by atoms with van der Waals surface area (Å²) in [5.74, 6) is 0. The summed E-state index contributed by atoms with van der Waals surface area (Å²) in [6.07, 6.45) is 0. The molecule has 92 valence electrons. The first-order chi connectivity index (χ1) is 8.00. The second-order valence-corrected chi connectivity index (χ2v) is 4.06. The van der Waals surface area contributed by atoms with Gasteiger partial charge in [-0.1, -0.05) is 12.1 Å². The standard InChI is InChI=1S/C10H14N4O2S/c1-7(2)11-10(17)13-12-8-5-3-4-6-9(8)14(15)16/h3-7,12H,1-2H3,(H2,11,13,17). The highest BCUT2D eigenvalue weighted by atomic mass is 32.1. The number of hydrogen-bond donors (Lipinski definition) is 3. The molecule has 3 N–H and O–H groups in total. The van der Waals surface area contributed by atoms with Crippen LogP contribution in [0, 0.1) is 10.1 Å². The van der Waals surface area contributed by atoms with Gasteiger partial charge in [0.2, 0.25) is 0 Å². The summed E-state index contributed by atoms with van der Waals surface area (Å²) in [6.45, 7) is 3.89. The minimum atomic E-state index is -0.455. The number of hydrogen-bond acceptors (Lipinski definition) is 4. The normalized spacial score (nSPS) is 9.82. The Morgan fingerprint density at radius 3 is 2.65 bits per heavy atom. The lowest BCUT2D eigenvalue weighted by molar-refractivity contribution is -0.384. The molecule has 0 amide bonds. The molecule has 0 aliphatic carbocycles. The fraction of sp³-hybridized carbons (Fsp3) is 0.300. The van der Waals surface area contributed by atoms with E-state index in [0.29, 0.717) is 10.8 Å². The van der Waals surface area contributed by atoms with E-state index in [2.05, 4.69) is 16.2 Å². The van der Waals surface area contributed by atoms with Crippen LogP contribution in [0.2, 0.25) is 0 Å². The Kier molecular flexibility index (Phi) is 4.65. The number of thiocarbonyl (C=S) groups is 1. The minimum Gasteiger partial charge on any atom is -0.359 e. The van der Waals surface area contributed by atoms with Crippen molar-refractivity contribution in [2.45, 2.75) is 19.9 Å². The molecule has 0 saturated heterocycles. The maximum atomic E-state index is 10.7. The Labute approximate surface area is 105 Å². The van der Waals surface area contributed by atoms with Gasteiger partial charge in [0.1, 0.15) is 5.69 Å². The number of nitro groups is 1. The second kappa shape index (κ2) is 6.00. The maximum Gasteiger partial charge on any atom is 0.294 e. The van der Waals surface area contributed by atoms with E-state index in [4.69, 9.17) is 12.2 Å². The van der Waals surface area contributed by atoms with Gasteiger partial charge in [-0.25, -0.2) is 0 Å². The summed E-state index contributed by atoms with van der Waals surface area (Å²) in [5, 5.41) is 14.1. The highest BCUT2D eigenvalue weighted by Gasteiger charge is 2.11. The van der Waals surface area contributed by atoms with Gasteiger partial charge in [0.05, 0.1) is 4.92 Å². The number of para-hydroxylation sites is 2. The van der Waals surface area contributed by atoms with Crippen LogP contribution in [0.15, 0.2) is 24.3 Å². The lowest BCUT2D eigenvalue weighted by atomic mass is 10.3. The first kappa shape index (κ1) is 13.2. The van der Waals surface area contributed by atoms with Gasteiger partial charge in [0.25, 0.3) is 5.69 Å². The van der Waals surface area contributed by atoms with Crippen molar-refractivity contribution in [2.24, 2.45) is 0 Å². The molecule has 0 bridgehead atoms. The lowest BCUT2D eigenvalue weighted by Gasteiger charge is -2.14. The van der Waals surface area contributed by atoms with Crippen molar-refractivity contribution in [1.82, 2.24) is 10.7 Å². The molecule has 0 radical (unpaired) electrons. The second-order valence-electron chi connectivity index (χ2n) is 3.65. The number of hydrazine groups is 1. The van der Waals surface area contributed by atoms with Crippen LogP contribution in [0.1, 0.15) is 13.8 Å². The summed E-state index contributed by atoms with van der Waals surface area (Å²) >= 11 is 4.98. The molecule has 7 heteroatoms. The van der Waals surface area contributed by atoms with Gasteiger partial charge in [0, 0.05) is 12.1 Å². The van der Waals surface area contributed by atoms with E-state index in [1.807, 2.05) is 13.8 Å². The largest absolute Gasteiger partial charge is 0.359 e. The summed E-state index contributed by atoms with van der Waals surface area (Å²) in [5.41, 5.74) is 5.75. The van der Waals surface area contributed by atoms with Gasteiger partial charge in [-0.2, -0.15) is 0 Å². The van der Waals surface area contributed by atoms with Crippen LogP contribution in [0.3, 0.4) is 0 Å². The van der Waals surface area contributed by atoms with Gasteiger partial charge in [0.15, 0.2) is 5.11 Å². The van der Waals surface area contributed by atoms with Gasteiger partial charge in [-0.3, -0.25) is 21.0 Å². The number of benzene rings is 1. The first-order valence-corrected chi connectivity index (χ1v) is 5.47. The fourth-order valence-electron chi connectivity index (χ4n) is 1.16. The van der Waals surface area contributed by atoms with Crippen molar-refractivity contribution < 1.29 is 4.92 Å². The molecule has 0 saturated carbocycles. The van der Waals surface area contributed by atoms with E-state index in [1.165, 1.54) is 6.07 Å². The molecule has 0 aliphatic heterocycles. The number of rotatable bonds is 4. The molecule has 17 heavy (non-hydrogen) atoms. The molecule has 0 spiro atoms. The Morgan fingerprint density at radius 2 is 2.06 bits per heavy atom. The molecule has 0 atom stereocenters. The predicted molar refractivity (Wildman–Crippen MR) is 70.7 cm³/mol. The van der Waals surface area contributed by atoms with E-state index in [9.17, 15) is 10.1 Å². The van der Waals surface area contributed by atoms with Crippen LogP contribution in [0.4, 0.5) is 11.4 Å². The Morgan fingerprint density at radius 1 is 1.41 bits per heavy atom. The number of anilines is 1. The average molecular weight is 254 g/mol. The zero-order chi connectivity index (χ0) is 12.8. The van der Waals surface area contributed by atoms with E-state index in [0.717, 1.165) is 0 Å². The minimum absolute atomic E-state index is 0.00709. The predicted octanol–water partition coefficient (Wildman–Crippen LogP) is 1.79. The van der Waals surface area contributed by atoms with Gasteiger partial charge in [-0.05, 0) is 32.1 Å². The van der Waals surface area contributed by atoms with E-state index in [-0.39, 0.29) is 11.7 Å². The van der Waals surface area contributed by atoms with Crippen molar-refractivity contribution in [3.8, 4) is 0 Å². The summed E-state index contributed by atoms with van der Waals surface area (Å²) in [7, 11) is 0. The highest BCUT2D eigenvalue weighted by Crippen LogP contribution is 2.21. The molecule has 1 aromatic rings. The summed E-state index contributed by atoms with van der Waals surface area (Å²) < 4.78 is 0.